The first-order valence-electron chi connectivity index (χ1n) is 11.1. The summed E-state index contributed by atoms with van der Waals surface area (Å²) in [6.07, 6.45) is 10.0. The Kier molecular flexibility index (Phi) is 5.22. The van der Waals surface area contributed by atoms with E-state index in [0.717, 1.165) is 17.7 Å². The number of aliphatic hydroxyl groups is 2. The maximum absolute atomic E-state index is 13.9. The van der Waals surface area contributed by atoms with Gasteiger partial charge in [-0.05, 0) is 55.9 Å². The Morgan fingerprint density at radius 1 is 1.09 bits per heavy atom. The Labute approximate surface area is 186 Å². The molecule has 0 radical (unpaired) electrons. The number of aliphatic hydroxyl groups excluding tert-OH is 1. The summed E-state index contributed by atoms with van der Waals surface area (Å²) in [5.41, 5.74) is 5.66. The van der Waals surface area contributed by atoms with E-state index in [4.69, 9.17) is 5.73 Å². The van der Waals surface area contributed by atoms with E-state index >= 15 is 0 Å². The third-order valence-corrected chi connectivity index (χ3v) is 7.63. The van der Waals surface area contributed by atoms with Gasteiger partial charge in [-0.1, -0.05) is 12.1 Å². The van der Waals surface area contributed by atoms with Gasteiger partial charge in [0.05, 0.1) is 23.7 Å². The van der Waals surface area contributed by atoms with Crippen molar-refractivity contribution in [2.24, 2.45) is 0 Å². The number of nitrogens with two attached hydrogens (primary N) is 1. The van der Waals surface area contributed by atoms with Crippen LogP contribution in [0.25, 0.3) is 0 Å². The van der Waals surface area contributed by atoms with Crippen molar-refractivity contribution >= 4 is 5.95 Å². The molecule has 168 valence electrons. The van der Waals surface area contributed by atoms with Gasteiger partial charge in [-0.15, -0.1) is 0 Å². The van der Waals surface area contributed by atoms with Gasteiger partial charge in [-0.25, -0.2) is 19.3 Å². The highest BCUT2D eigenvalue weighted by atomic mass is 19.1. The predicted molar refractivity (Wildman–Crippen MR) is 117 cm³/mol. The molecular weight excluding hydrogens is 409 g/mol. The van der Waals surface area contributed by atoms with Gasteiger partial charge >= 0.3 is 0 Å². The minimum atomic E-state index is -1.16. The zero-order chi connectivity index (χ0) is 22.3. The molecule has 1 aromatic carbocycles. The summed E-state index contributed by atoms with van der Waals surface area (Å²) < 4.78 is 16.0. The van der Waals surface area contributed by atoms with Crippen molar-refractivity contribution < 1.29 is 14.6 Å². The Balaban J connectivity index is 1.69. The molecule has 2 aliphatic rings. The van der Waals surface area contributed by atoms with E-state index in [9.17, 15) is 14.6 Å². The van der Waals surface area contributed by atoms with Crippen molar-refractivity contribution in [1.29, 1.82) is 0 Å². The number of nitrogen functional groups attached to an aromatic ring is 1. The van der Waals surface area contributed by atoms with Crippen molar-refractivity contribution in [2.75, 3.05) is 5.73 Å². The van der Waals surface area contributed by atoms with Crippen molar-refractivity contribution in [1.82, 2.24) is 19.5 Å². The van der Waals surface area contributed by atoms with E-state index in [0.29, 0.717) is 25.7 Å². The molecule has 0 spiro atoms. The van der Waals surface area contributed by atoms with Crippen LogP contribution in [-0.2, 0) is 5.41 Å². The number of rotatable bonds is 4. The van der Waals surface area contributed by atoms with E-state index in [1.807, 2.05) is 18.6 Å². The summed E-state index contributed by atoms with van der Waals surface area (Å²) >= 11 is 0. The van der Waals surface area contributed by atoms with Crippen LogP contribution < -0.4 is 5.73 Å². The standard InChI is InChI=1S/C24H28FN5O2/c25-17-3-1-16(2-4-17)24(23(32)8-6-19(31)14-23)9-5-18(30-12-11-27-15-30)13-20(24)21-7-10-28-22(26)29-21/h1-4,7,10-12,15,18-20,31-32H,5-6,8-9,13-14H2,(H2,26,28,29). The smallest absolute Gasteiger partial charge is 0.220 e. The molecule has 0 amide bonds. The van der Waals surface area contributed by atoms with E-state index in [2.05, 4.69) is 19.5 Å². The fraction of sp³-hybridized carbons (Fsp3) is 0.458. The molecule has 2 fully saturated rings. The zero-order valence-corrected chi connectivity index (χ0v) is 17.8. The van der Waals surface area contributed by atoms with Crippen LogP contribution >= 0.6 is 0 Å². The molecule has 0 bridgehead atoms. The van der Waals surface area contributed by atoms with E-state index in [-0.39, 0.29) is 30.1 Å². The SMILES string of the molecule is Nc1nccc(C2CC(n3ccnc3)CCC2(c2ccc(F)cc2)C2(O)CCC(O)C2)n1. The Bertz CT molecular complexity index is 1080. The lowest BCUT2D eigenvalue weighted by molar-refractivity contribution is -0.0751. The van der Waals surface area contributed by atoms with Gasteiger partial charge in [0, 0.05) is 42.4 Å². The molecular formula is C24H28FN5O2. The highest BCUT2D eigenvalue weighted by molar-refractivity contribution is 5.39. The second kappa shape index (κ2) is 7.94. The van der Waals surface area contributed by atoms with E-state index in [1.165, 1.54) is 12.1 Å². The van der Waals surface area contributed by atoms with Crippen LogP contribution in [0.4, 0.5) is 10.3 Å². The first-order valence-corrected chi connectivity index (χ1v) is 11.1. The minimum absolute atomic E-state index is 0.169. The topological polar surface area (TPSA) is 110 Å². The lowest BCUT2D eigenvalue weighted by Gasteiger charge is -2.54. The average molecular weight is 438 g/mol. The first-order chi connectivity index (χ1) is 15.4. The van der Waals surface area contributed by atoms with Gasteiger partial charge in [-0.2, -0.15) is 0 Å². The molecule has 32 heavy (non-hydrogen) atoms. The number of hydrogen-bond acceptors (Lipinski definition) is 6. The highest BCUT2D eigenvalue weighted by Gasteiger charge is 2.60. The van der Waals surface area contributed by atoms with Crippen molar-refractivity contribution in [3.05, 3.63) is 72.3 Å². The highest BCUT2D eigenvalue weighted by Crippen LogP contribution is 2.60. The first kappa shape index (κ1) is 21.0. The lowest BCUT2D eigenvalue weighted by atomic mass is 9.52. The molecule has 2 aromatic heterocycles. The van der Waals surface area contributed by atoms with Crippen LogP contribution in [-0.4, -0.2) is 41.4 Å². The van der Waals surface area contributed by atoms with Crippen LogP contribution in [0.15, 0.2) is 55.2 Å². The molecule has 2 aliphatic carbocycles. The lowest BCUT2D eigenvalue weighted by Crippen LogP contribution is -2.56. The maximum atomic E-state index is 13.9. The Morgan fingerprint density at radius 2 is 1.91 bits per heavy atom. The van der Waals surface area contributed by atoms with Gasteiger partial charge in [0.15, 0.2) is 0 Å². The molecule has 5 rings (SSSR count). The summed E-state index contributed by atoms with van der Waals surface area (Å²) in [5.74, 6) is -0.356. The molecule has 2 saturated carbocycles. The second-order valence-electron chi connectivity index (χ2n) is 9.24. The fourth-order valence-electron chi connectivity index (χ4n) is 6.19. The van der Waals surface area contributed by atoms with Gasteiger partial charge in [0.25, 0.3) is 0 Å². The van der Waals surface area contributed by atoms with Crippen LogP contribution in [0.1, 0.15) is 61.7 Å². The van der Waals surface area contributed by atoms with Crippen LogP contribution in [0.2, 0.25) is 0 Å². The van der Waals surface area contributed by atoms with Crippen molar-refractivity contribution in [3.8, 4) is 0 Å². The summed E-state index contributed by atoms with van der Waals surface area (Å²) in [7, 11) is 0. The van der Waals surface area contributed by atoms with Crippen LogP contribution in [0, 0.1) is 5.82 Å². The normalized spacial score (nSPS) is 32.8. The number of nitrogens with zero attached hydrogens (tertiary/aromatic N) is 4. The summed E-state index contributed by atoms with van der Waals surface area (Å²) in [6.45, 7) is 0. The minimum Gasteiger partial charge on any atom is -0.393 e. The summed E-state index contributed by atoms with van der Waals surface area (Å²) in [4.78, 5) is 12.8. The molecule has 5 atom stereocenters. The molecule has 3 aromatic rings. The van der Waals surface area contributed by atoms with Crippen molar-refractivity contribution in [2.45, 2.75) is 67.6 Å². The Morgan fingerprint density at radius 3 is 2.56 bits per heavy atom. The molecule has 0 saturated heterocycles. The predicted octanol–water partition coefficient (Wildman–Crippen LogP) is 3.12. The number of benzene rings is 1. The number of anilines is 1. The van der Waals surface area contributed by atoms with Gasteiger partial charge in [0.1, 0.15) is 5.82 Å². The fourth-order valence-corrected chi connectivity index (χ4v) is 6.19. The van der Waals surface area contributed by atoms with E-state index in [1.54, 1.807) is 24.5 Å². The molecule has 0 aliphatic heterocycles. The molecule has 2 heterocycles. The van der Waals surface area contributed by atoms with Gasteiger partial charge < -0.3 is 20.5 Å². The third-order valence-electron chi connectivity index (χ3n) is 7.63. The quantitative estimate of drug-likeness (QED) is 0.579. The van der Waals surface area contributed by atoms with Crippen LogP contribution in [0.5, 0.6) is 0 Å². The van der Waals surface area contributed by atoms with Gasteiger partial charge in [-0.3, -0.25) is 0 Å². The Hall–Kier alpha value is -2.84. The largest absolute Gasteiger partial charge is 0.393 e. The molecule has 8 heteroatoms. The second-order valence-corrected chi connectivity index (χ2v) is 9.24. The van der Waals surface area contributed by atoms with Crippen molar-refractivity contribution in [3.63, 3.8) is 0 Å². The zero-order valence-electron chi connectivity index (χ0n) is 17.8. The van der Waals surface area contributed by atoms with Gasteiger partial charge in [0.2, 0.25) is 5.95 Å². The van der Waals surface area contributed by atoms with Crippen LogP contribution in [0.3, 0.4) is 0 Å². The number of hydrogen-bond donors (Lipinski definition) is 3. The molecule has 4 N–H and O–H groups in total. The summed E-state index contributed by atoms with van der Waals surface area (Å²) in [6, 6.07) is 8.45. The average Bonchev–Trinajstić information content (AvgIpc) is 3.44. The number of halogens is 1. The summed E-state index contributed by atoms with van der Waals surface area (Å²) in [5, 5.41) is 22.6. The third kappa shape index (κ3) is 3.38. The molecule has 5 unspecified atom stereocenters. The monoisotopic (exact) mass is 437 g/mol. The number of imidazole rings is 1. The number of aromatic nitrogens is 4. The van der Waals surface area contributed by atoms with E-state index < -0.39 is 17.1 Å². The molecule has 7 nitrogen and oxygen atoms in total. The maximum Gasteiger partial charge on any atom is 0.220 e.